The molecule has 1 heterocycles. The number of nitrogens with two attached hydrogens (primary N) is 1. The van der Waals surface area contributed by atoms with Crippen molar-refractivity contribution in [3.8, 4) is 0 Å². The van der Waals surface area contributed by atoms with Crippen LogP contribution in [0.2, 0.25) is 0 Å². The topological polar surface area (TPSA) is 109 Å². The molecule has 6 heteroatoms. The van der Waals surface area contributed by atoms with Crippen LogP contribution < -0.4 is 11.3 Å². The van der Waals surface area contributed by atoms with E-state index in [1.165, 1.54) is 6.42 Å². The quantitative estimate of drug-likeness (QED) is 0.741. The summed E-state index contributed by atoms with van der Waals surface area (Å²) in [6, 6.07) is -1.04. The second kappa shape index (κ2) is 5.39. The van der Waals surface area contributed by atoms with E-state index >= 15 is 0 Å². The minimum absolute atomic E-state index is 0.0555. The summed E-state index contributed by atoms with van der Waals surface area (Å²) in [7, 11) is 0. The van der Waals surface area contributed by atoms with Gasteiger partial charge in [0.15, 0.2) is 0 Å². The van der Waals surface area contributed by atoms with Crippen molar-refractivity contribution in [3.63, 3.8) is 0 Å². The van der Waals surface area contributed by atoms with Crippen LogP contribution in [0.15, 0.2) is 9.32 Å². The Labute approximate surface area is 104 Å². The molecule has 18 heavy (non-hydrogen) atoms. The molecule has 1 aliphatic carbocycles. The third-order valence-corrected chi connectivity index (χ3v) is 3.55. The number of aliphatic carboxylic acids is 1. The fraction of sp³-hybridized carbons (Fsp3) is 0.667. The molecule has 0 bridgehead atoms. The molecule has 1 aromatic rings. The molecule has 4 N–H and O–H groups in total. The van der Waals surface area contributed by atoms with Crippen molar-refractivity contribution in [2.24, 2.45) is 5.73 Å². The first-order chi connectivity index (χ1) is 8.59. The number of aromatic nitrogens is 1. The average Bonchev–Trinajstić information content (AvgIpc) is 2.71. The molecule has 1 atom stereocenters. The third kappa shape index (κ3) is 2.64. The van der Waals surface area contributed by atoms with Gasteiger partial charge in [-0.1, -0.05) is 19.3 Å². The van der Waals surface area contributed by atoms with Gasteiger partial charge in [-0.05, 0) is 18.8 Å². The predicted octanol–water partition coefficient (Wildman–Crippen LogP) is 0.970. The fourth-order valence-electron chi connectivity index (χ4n) is 2.59. The zero-order chi connectivity index (χ0) is 13.1. The SMILES string of the molecule is NC(Cc1o[nH]c(=O)c1C1CCCCC1)C(=O)O. The van der Waals surface area contributed by atoms with Crippen LogP contribution in [0.25, 0.3) is 0 Å². The summed E-state index contributed by atoms with van der Waals surface area (Å²) >= 11 is 0. The van der Waals surface area contributed by atoms with E-state index in [0.29, 0.717) is 11.3 Å². The number of carboxylic acid groups (broad SMARTS) is 1. The van der Waals surface area contributed by atoms with Gasteiger partial charge in [0, 0.05) is 6.42 Å². The summed E-state index contributed by atoms with van der Waals surface area (Å²) in [5.74, 6) is -0.507. The van der Waals surface area contributed by atoms with Gasteiger partial charge in [0.05, 0.1) is 5.56 Å². The molecule has 1 aromatic heterocycles. The maximum atomic E-state index is 11.8. The number of nitrogens with one attached hydrogen (secondary N) is 1. The summed E-state index contributed by atoms with van der Waals surface area (Å²) in [6.07, 6.45) is 5.35. The van der Waals surface area contributed by atoms with Gasteiger partial charge < -0.3 is 15.4 Å². The number of hydrogen-bond acceptors (Lipinski definition) is 4. The predicted molar refractivity (Wildman–Crippen MR) is 64.5 cm³/mol. The molecule has 100 valence electrons. The Morgan fingerprint density at radius 2 is 2.11 bits per heavy atom. The molecule has 1 aliphatic rings. The van der Waals surface area contributed by atoms with E-state index in [1.54, 1.807) is 0 Å². The molecule has 0 amide bonds. The van der Waals surface area contributed by atoms with Gasteiger partial charge in [-0.25, -0.2) is 0 Å². The zero-order valence-electron chi connectivity index (χ0n) is 10.1. The molecule has 1 saturated carbocycles. The number of H-pyrrole nitrogens is 1. The van der Waals surface area contributed by atoms with E-state index in [2.05, 4.69) is 5.16 Å². The van der Waals surface area contributed by atoms with Gasteiger partial charge in [0.2, 0.25) is 0 Å². The standard InChI is InChI=1S/C12H18N2O4/c13-8(12(16)17)6-9-10(11(15)14-18-9)7-4-2-1-3-5-7/h7-8H,1-6,13H2,(H,14,15)(H,16,17). The van der Waals surface area contributed by atoms with Gasteiger partial charge in [-0.3, -0.25) is 9.59 Å². The van der Waals surface area contributed by atoms with Crippen molar-refractivity contribution < 1.29 is 14.4 Å². The van der Waals surface area contributed by atoms with Crippen molar-refractivity contribution in [2.45, 2.75) is 50.5 Å². The fourth-order valence-corrected chi connectivity index (χ4v) is 2.59. The summed E-state index contributed by atoms with van der Waals surface area (Å²) in [4.78, 5) is 22.5. The second-order valence-corrected chi connectivity index (χ2v) is 4.85. The van der Waals surface area contributed by atoms with Crippen molar-refractivity contribution in [1.82, 2.24) is 5.16 Å². The normalized spacial score (nSPS) is 18.7. The first-order valence-corrected chi connectivity index (χ1v) is 6.28. The average molecular weight is 254 g/mol. The Hall–Kier alpha value is -1.56. The lowest BCUT2D eigenvalue weighted by atomic mass is 9.83. The summed E-state index contributed by atoms with van der Waals surface area (Å²) in [5, 5.41) is 11.1. The summed E-state index contributed by atoms with van der Waals surface area (Å²) < 4.78 is 5.09. The maximum Gasteiger partial charge on any atom is 0.320 e. The Bertz CT molecular complexity index is 471. The first-order valence-electron chi connectivity index (χ1n) is 6.28. The van der Waals surface area contributed by atoms with Crippen LogP contribution in [0.3, 0.4) is 0 Å². The van der Waals surface area contributed by atoms with Crippen LogP contribution in [0.4, 0.5) is 0 Å². The maximum absolute atomic E-state index is 11.8. The minimum Gasteiger partial charge on any atom is -0.480 e. The molecular formula is C12H18N2O4. The second-order valence-electron chi connectivity index (χ2n) is 4.85. The van der Waals surface area contributed by atoms with Gasteiger partial charge in [-0.2, -0.15) is 5.16 Å². The van der Waals surface area contributed by atoms with E-state index in [4.69, 9.17) is 15.4 Å². The minimum atomic E-state index is -1.09. The Morgan fingerprint density at radius 3 is 2.72 bits per heavy atom. The van der Waals surface area contributed by atoms with Gasteiger partial charge in [0.1, 0.15) is 11.8 Å². The number of aromatic amines is 1. The number of carboxylic acids is 1. The van der Waals surface area contributed by atoms with Gasteiger partial charge in [0.25, 0.3) is 5.56 Å². The van der Waals surface area contributed by atoms with Crippen molar-refractivity contribution >= 4 is 5.97 Å². The molecule has 6 nitrogen and oxygen atoms in total. The summed E-state index contributed by atoms with van der Waals surface area (Å²) in [5.41, 5.74) is 5.84. The van der Waals surface area contributed by atoms with Crippen molar-refractivity contribution in [1.29, 1.82) is 0 Å². The van der Waals surface area contributed by atoms with Crippen molar-refractivity contribution in [2.75, 3.05) is 0 Å². The lowest BCUT2D eigenvalue weighted by Gasteiger charge is -2.20. The van der Waals surface area contributed by atoms with Crippen LogP contribution >= 0.6 is 0 Å². The van der Waals surface area contributed by atoms with Crippen LogP contribution in [0, 0.1) is 0 Å². The van der Waals surface area contributed by atoms with E-state index in [0.717, 1.165) is 25.7 Å². The van der Waals surface area contributed by atoms with Crippen LogP contribution in [0.1, 0.15) is 49.3 Å². The Kier molecular flexibility index (Phi) is 3.86. The highest BCUT2D eigenvalue weighted by atomic mass is 16.5. The highest BCUT2D eigenvalue weighted by Crippen LogP contribution is 2.32. The van der Waals surface area contributed by atoms with Gasteiger partial charge in [-0.15, -0.1) is 0 Å². The number of rotatable bonds is 4. The highest BCUT2D eigenvalue weighted by molar-refractivity contribution is 5.73. The molecule has 2 rings (SSSR count). The van der Waals surface area contributed by atoms with Crippen molar-refractivity contribution in [3.05, 3.63) is 21.7 Å². The van der Waals surface area contributed by atoms with E-state index in [1.807, 2.05) is 0 Å². The van der Waals surface area contributed by atoms with Gasteiger partial charge >= 0.3 is 5.97 Å². The molecule has 1 fully saturated rings. The smallest absolute Gasteiger partial charge is 0.320 e. The van der Waals surface area contributed by atoms with E-state index in [9.17, 15) is 9.59 Å². The first kappa shape index (κ1) is 12.9. The lowest BCUT2D eigenvalue weighted by Crippen LogP contribution is -2.32. The molecule has 0 radical (unpaired) electrons. The molecule has 0 saturated heterocycles. The monoisotopic (exact) mass is 254 g/mol. The largest absolute Gasteiger partial charge is 0.480 e. The van der Waals surface area contributed by atoms with Crippen LogP contribution in [-0.2, 0) is 11.2 Å². The molecule has 0 aliphatic heterocycles. The Morgan fingerprint density at radius 1 is 1.44 bits per heavy atom. The number of carbonyl (C=O) groups is 1. The molecular weight excluding hydrogens is 236 g/mol. The lowest BCUT2D eigenvalue weighted by molar-refractivity contribution is -0.138. The Balaban J connectivity index is 2.21. The molecule has 0 spiro atoms. The highest BCUT2D eigenvalue weighted by Gasteiger charge is 2.26. The van der Waals surface area contributed by atoms with Crippen LogP contribution in [-0.4, -0.2) is 22.3 Å². The summed E-state index contributed by atoms with van der Waals surface area (Å²) in [6.45, 7) is 0. The van der Waals surface area contributed by atoms with E-state index < -0.39 is 12.0 Å². The van der Waals surface area contributed by atoms with E-state index in [-0.39, 0.29) is 17.9 Å². The molecule has 1 unspecified atom stereocenters. The number of hydrogen-bond donors (Lipinski definition) is 3. The molecule has 0 aromatic carbocycles. The third-order valence-electron chi connectivity index (χ3n) is 3.55. The zero-order valence-corrected chi connectivity index (χ0v) is 10.1. The van der Waals surface area contributed by atoms with Crippen LogP contribution in [0.5, 0.6) is 0 Å².